The van der Waals surface area contributed by atoms with E-state index in [1.165, 1.54) is 12.2 Å². The summed E-state index contributed by atoms with van der Waals surface area (Å²) < 4.78 is 40.7. The van der Waals surface area contributed by atoms with E-state index in [2.05, 4.69) is 26.1 Å². The molecule has 0 spiro atoms. The van der Waals surface area contributed by atoms with Crippen molar-refractivity contribution in [3.63, 3.8) is 0 Å². The number of hydrazone groups is 1. The molecule has 3 aliphatic rings. The Hall–Kier alpha value is -7.81. The number of anilines is 1. The molecule has 0 aliphatic heterocycles. The van der Waals surface area contributed by atoms with Gasteiger partial charge in [0.1, 0.15) is 29.1 Å². The highest BCUT2D eigenvalue weighted by Gasteiger charge is 2.34. The van der Waals surface area contributed by atoms with Crippen molar-refractivity contribution in [2.45, 2.75) is 167 Å². The highest BCUT2D eigenvalue weighted by Crippen LogP contribution is 2.36. The van der Waals surface area contributed by atoms with Gasteiger partial charge in [-0.1, -0.05) is 62.8 Å². The maximum Gasteiger partial charge on any atom is 0.330 e. The number of aromatic nitrogens is 1. The summed E-state index contributed by atoms with van der Waals surface area (Å²) in [5.41, 5.74) is 1.45. The van der Waals surface area contributed by atoms with Gasteiger partial charge in [0.25, 0.3) is 0 Å². The van der Waals surface area contributed by atoms with Crippen molar-refractivity contribution in [2.75, 3.05) is 51.2 Å². The number of hydrogen-bond donors (Lipinski definition) is 0. The maximum absolute atomic E-state index is 13.8. The molecule has 19 nitrogen and oxygen atoms in total. The minimum absolute atomic E-state index is 0.156. The third-order valence-electron chi connectivity index (χ3n) is 17.1. The van der Waals surface area contributed by atoms with Gasteiger partial charge in [-0.25, -0.2) is 19.6 Å². The van der Waals surface area contributed by atoms with Crippen molar-refractivity contribution >= 4 is 62.7 Å². The Kier molecular flexibility index (Phi) is 30.3. The molecule has 0 N–H and O–H groups in total. The van der Waals surface area contributed by atoms with Crippen LogP contribution in [0.5, 0.6) is 34.5 Å². The number of benzene rings is 4. The first kappa shape index (κ1) is 71.0. The van der Waals surface area contributed by atoms with E-state index in [4.69, 9.17) is 62.8 Å². The van der Waals surface area contributed by atoms with Crippen molar-refractivity contribution in [1.29, 1.82) is 0 Å². The lowest BCUT2D eigenvalue weighted by molar-refractivity contribution is -0.218. The summed E-state index contributed by atoms with van der Waals surface area (Å²) in [6, 6.07) is 27.6. The van der Waals surface area contributed by atoms with Crippen molar-refractivity contribution in [1.82, 2.24) is 4.98 Å². The number of esters is 5. The van der Waals surface area contributed by atoms with Gasteiger partial charge in [-0.05, 0) is 226 Å². The Balaban J connectivity index is 0.759. The first-order valence-electron chi connectivity index (χ1n) is 33.6. The largest absolute Gasteiger partial charge is 0.494 e. The van der Waals surface area contributed by atoms with Crippen LogP contribution in [0.25, 0.3) is 10.2 Å². The van der Waals surface area contributed by atoms with Gasteiger partial charge in [0, 0.05) is 24.3 Å². The fraction of sp³-hybridized carbons (Fsp3) is 0.521. The Labute approximate surface area is 551 Å². The number of thiazole rings is 1. The minimum atomic E-state index is -0.402. The molecule has 3 fully saturated rings. The van der Waals surface area contributed by atoms with E-state index >= 15 is 0 Å². The van der Waals surface area contributed by atoms with Gasteiger partial charge >= 0.3 is 29.8 Å². The first-order valence-corrected chi connectivity index (χ1v) is 34.4. The van der Waals surface area contributed by atoms with E-state index < -0.39 is 11.9 Å². The van der Waals surface area contributed by atoms with Crippen LogP contribution in [0.3, 0.4) is 0 Å². The van der Waals surface area contributed by atoms with Crippen LogP contribution in [0, 0.1) is 29.6 Å². The third kappa shape index (κ3) is 24.9. The van der Waals surface area contributed by atoms with Crippen molar-refractivity contribution in [2.24, 2.45) is 34.7 Å². The zero-order valence-corrected chi connectivity index (χ0v) is 54.8. The van der Waals surface area contributed by atoms with Crippen molar-refractivity contribution < 1.29 is 76.7 Å². The Morgan fingerprint density at radius 3 is 1.60 bits per heavy atom. The van der Waals surface area contributed by atoms with Gasteiger partial charge in [0.15, 0.2) is 11.5 Å². The highest BCUT2D eigenvalue weighted by atomic mass is 32.1. The quantitative estimate of drug-likeness (QED) is 0.00521. The van der Waals surface area contributed by atoms with Crippen LogP contribution >= 0.6 is 11.3 Å². The molecule has 20 heteroatoms. The number of carbonyl (C=O) groups excluding carboxylic acids is 5. The summed E-state index contributed by atoms with van der Waals surface area (Å²) >= 11 is 1.58. The van der Waals surface area contributed by atoms with Crippen LogP contribution in [-0.4, -0.2) is 93.3 Å². The van der Waals surface area contributed by atoms with Crippen LogP contribution < -0.4 is 33.7 Å². The number of para-hydroxylation sites is 1. The molecular formula is C73H93N3O16S. The predicted octanol–water partition coefficient (Wildman–Crippen LogP) is 15.6. The molecule has 3 aliphatic carbocycles. The second-order valence-electron chi connectivity index (χ2n) is 24.2. The van der Waals surface area contributed by atoms with E-state index in [1.807, 2.05) is 47.5 Å². The third-order valence-corrected chi connectivity index (χ3v) is 18.2. The number of nitrogens with zero attached hydrogens (tertiary/aromatic N) is 3. The van der Waals surface area contributed by atoms with Crippen LogP contribution in [0.15, 0.2) is 121 Å². The number of carbonyl (C=O) groups is 5. The Morgan fingerprint density at radius 2 is 1.03 bits per heavy atom. The summed E-state index contributed by atoms with van der Waals surface area (Å²) in [5.74, 6) is 1.32. The number of hydrogen-bond acceptors (Lipinski definition) is 20. The van der Waals surface area contributed by atoms with Crippen LogP contribution in [0.2, 0.25) is 0 Å². The zero-order valence-electron chi connectivity index (χ0n) is 54.0. The zero-order chi connectivity index (χ0) is 65.2. The smallest absolute Gasteiger partial charge is 0.330 e. The fourth-order valence-electron chi connectivity index (χ4n) is 11.5. The molecule has 0 radical (unpaired) electrons. The topological polar surface area (TPSA) is 215 Å². The van der Waals surface area contributed by atoms with Gasteiger partial charge in [-0.15, -0.1) is 0 Å². The standard InChI is InChI=1S/C73H93N3O16S/c1-4-7-8-15-44-76(73-75-65-20-13-14-21-67(65)93-73)74-50-58-49-64(42-43-66(58)92-87-52-54-24-28-56(29-25-54)71(80)89-62-38-34-59(35-39-62)82-45-16-9-11-18-47-84-68(77)5-2)90-72(81)57-30-32-61(33-31-57)88-70(79)55-26-22-53(23-27-55)51-86-91-63-40-36-60(37-41-63)83-46-17-10-12-19-48-85-69(78)6-3/h5-6,13-14,20-21,34-43,49-50,53-57,61H,2-4,7-12,15-19,22-33,44-48,51-52H2,1H3/b74-50+. The predicted molar refractivity (Wildman–Crippen MR) is 355 cm³/mol. The number of unbranched alkanes of at least 4 members (excludes halogenated alkanes) is 9. The average Bonchev–Trinajstić information content (AvgIpc) is 1.97. The lowest BCUT2D eigenvalue weighted by Crippen LogP contribution is -2.33. The lowest BCUT2D eigenvalue weighted by Gasteiger charge is -2.30. The monoisotopic (exact) mass is 1300 g/mol. The maximum atomic E-state index is 13.8. The summed E-state index contributed by atoms with van der Waals surface area (Å²) in [6.45, 7) is 12.3. The number of fused-ring (bicyclic) bond motifs is 1. The SMILES string of the molecule is C=CC(=O)OCCCCCCOc1ccc(OOCC2CCC(C(=O)OC3CCC(C(=O)Oc4ccc(OOCC5CCC(C(=O)Oc6ccc(OCCCCCCOC(=O)C=C)cc6)CC5)c(/C=N/N(CCCCCC)c5nc6ccccc6s5)c4)CC3)CC2)cc1. The van der Waals surface area contributed by atoms with Crippen LogP contribution in [-0.2, 0) is 48.0 Å². The Bertz CT molecular complexity index is 3100. The molecule has 93 heavy (non-hydrogen) atoms. The second-order valence-corrected chi connectivity index (χ2v) is 25.2. The fourth-order valence-corrected chi connectivity index (χ4v) is 12.5. The summed E-state index contributed by atoms with van der Waals surface area (Å²) in [6.07, 6.45) is 23.3. The molecule has 8 rings (SSSR count). The molecule has 5 aromatic rings. The van der Waals surface area contributed by atoms with E-state index in [-0.39, 0.29) is 53.6 Å². The van der Waals surface area contributed by atoms with E-state index in [0.29, 0.717) is 132 Å². The van der Waals surface area contributed by atoms with Crippen LogP contribution in [0.1, 0.15) is 167 Å². The van der Waals surface area contributed by atoms with Gasteiger partial charge in [-0.3, -0.25) is 14.4 Å². The first-order chi connectivity index (χ1) is 45.5. The summed E-state index contributed by atoms with van der Waals surface area (Å²) in [7, 11) is 0. The normalized spacial score (nSPS) is 18.8. The Morgan fingerprint density at radius 1 is 0.538 bits per heavy atom. The molecule has 1 aromatic heterocycles. The highest BCUT2D eigenvalue weighted by molar-refractivity contribution is 7.22. The van der Waals surface area contributed by atoms with Gasteiger partial charge in [-0.2, -0.15) is 14.9 Å². The summed E-state index contributed by atoms with van der Waals surface area (Å²) in [4.78, 5) is 90.9. The van der Waals surface area contributed by atoms with E-state index in [0.717, 1.165) is 124 Å². The molecule has 3 saturated carbocycles. The van der Waals surface area contributed by atoms with E-state index in [1.54, 1.807) is 60.0 Å². The molecule has 502 valence electrons. The second kappa shape index (κ2) is 39.7. The molecule has 0 atom stereocenters. The van der Waals surface area contributed by atoms with Gasteiger partial charge in [0.2, 0.25) is 5.13 Å². The molecule has 0 saturated heterocycles. The molecular weight excluding hydrogens is 1210 g/mol. The van der Waals surface area contributed by atoms with Crippen molar-refractivity contribution in [3.05, 3.63) is 122 Å². The summed E-state index contributed by atoms with van der Waals surface area (Å²) in [5, 5.41) is 7.67. The van der Waals surface area contributed by atoms with Crippen molar-refractivity contribution in [3.8, 4) is 34.5 Å². The molecule has 4 aromatic carbocycles. The average molecular weight is 1300 g/mol. The molecule has 0 bridgehead atoms. The van der Waals surface area contributed by atoms with Gasteiger partial charge < -0.3 is 42.9 Å². The van der Waals surface area contributed by atoms with Gasteiger partial charge in [0.05, 0.1) is 73.8 Å². The minimum Gasteiger partial charge on any atom is -0.494 e. The van der Waals surface area contributed by atoms with Crippen LogP contribution in [0.4, 0.5) is 5.13 Å². The number of rotatable bonds is 40. The molecule has 1 heterocycles. The lowest BCUT2D eigenvalue weighted by atomic mass is 9.82. The molecule has 0 unspecified atom stereocenters. The number of ether oxygens (including phenoxy) is 7. The molecule has 0 amide bonds. The van der Waals surface area contributed by atoms with E-state index in [9.17, 15) is 24.0 Å².